The molecular formula is C23H35NO2SiZr. The van der Waals surface area contributed by atoms with E-state index in [9.17, 15) is 0 Å². The summed E-state index contributed by atoms with van der Waals surface area (Å²) in [6.45, 7) is 11.9. The van der Waals surface area contributed by atoms with Gasteiger partial charge in [0.25, 0.3) is 0 Å². The molecule has 0 bridgehead atoms. The molecule has 3 nitrogen and oxygen atoms in total. The van der Waals surface area contributed by atoms with Gasteiger partial charge >= 0.3 is 178 Å². The van der Waals surface area contributed by atoms with Crippen LogP contribution in [0.15, 0.2) is 30.3 Å². The van der Waals surface area contributed by atoms with Crippen molar-refractivity contribution < 1.29 is 30.0 Å². The van der Waals surface area contributed by atoms with Gasteiger partial charge in [0.2, 0.25) is 0 Å². The van der Waals surface area contributed by atoms with Crippen molar-refractivity contribution in [1.29, 1.82) is 0 Å². The van der Waals surface area contributed by atoms with Crippen molar-refractivity contribution >= 4 is 12.1 Å². The third-order valence-electron chi connectivity index (χ3n) is 5.50. The number of nitrogens with one attached hydrogen (secondary N) is 1. The molecule has 1 N–H and O–H groups in total. The molecule has 0 aliphatic heterocycles. The summed E-state index contributed by atoms with van der Waals surface area (Å²) >= 11 is -2.82. The second-order valence-corrected chi connectivity index (χ2v) is 24.4. The molecule has 1 aliphatic rings. The van der Waals surface area contributed by atoms with Gasteiger partial charge in [0.1, 0.15) is 0 Å². The number of rotatable bonds is 6. The van der Waals surface area contributed by atoms with Crippen LogP contribution in [0, 0.1) is 0 Å². The van der Waals surface area contributed by atoms with E-state index in [0.29, 0.717) is 0 Å². The minimum atomic E-state index is -2.82. The van der Waals surface area contributed by atoms with E-state index in [0.717, 1.165) is 17.9 Å². The SMILES string of the molecule is COc1ccc2c(c1)-c1cc(OC)c[c]([Zr]([CH3])([CH2][SiH](C)C)[NH]C(C)(C)C)c1C2. The summed E-state index contributed by atoms with van der Waals surface area (Å²) in [5, 5.41) is 0. The van der Waals surface area contributed by atoms with Gasteiger partial charge in [0.05, 0.1) is 0 Å². The van der Waals surface area contributed by atoms with Gasteiger partial charge in [-0.2, -0.15) is 0 Å². The van der Waals surface area contributed by atoms with E-state index >= 15 is 0 Å². The molecule has 0 heterocycles. The van der Waals surface area contributed by atoms with Gasteiger partial charge in [-0.3, -0.25) is 0 Å². The van der Waals surface area contributed by atoms with Gasteiger partial charge in [0.15, 0.2) is 0 Å². The van der Waals surface area contributed by atoms with Gasteiger partial charge in [-0.05, 0) is 0 Å². The first-order valence-electron chi connectivity index (χ1n) is 10.2. The van der Waals surface area contributed by atoms with E-state index in [1.807, 2.05) is 0 Å². The van der Waals surface area contributed by atoms with E-state index in [1.54, 1.807) is 17.5 Å². The number of methoxy groups -OCH3 is 2. The van der Waals surface area contributed by atoms with Crippen molar-refractivity contribution in [3.05, 3.63) is 41.5 Å². The van der Waals surface area contributed by atoms with E-state index in [-0.39, 0.29) is 5.54 Å². The first-order chi connectivity index (χ1) is 13.1. The zero-order valence-electron chi connectivity index (χ0n) is 18.7. The fraction of sp³-hybridized carbons (Fsp3) is 0.478. The Morgan fingerprint density at radius 1 is 1.00 bits per heavy atom. The molecule has 5 heteroatoms. The third kappa shape index (κ3) is 4.47. The van der Waals surface area contributed by atoms with Crippen LogP contribution in [-0.4, -0.2) is 28.6 Å². The quantitative estimate of drug-likeness (QED) is 0.516. The molecule has 0 saturated carbocycles. The molecule has 2 aromatic carbocycles. The van der Waals surface area contributed by atoms with Gasteiger partial charge in [0, 0.05) is 0 Å². The zero-order valence-corrected chi connectivity index (χ0v) is 22.3. The van der Waals surface area contributed by atoms with E-state index in [4.69, 9.17) is 9.47 Å². The topological polar surface area (TPSA) is 30.5 Å². The molecule has 0 fully saturated rings. The molecule has 0 amide bonds. The van der Waals surface area contributed by atoms with Gasteiger partial charge in [-0.25, -0.2) is 0 Å². The number of ether oxygens (including phenoxy) is 2. The van der Waals surface area contributed by atoms with Gasteiger partial charge < -0.3 is 0 Å². The minimum absolute atomic E-state index is 0.124. The van der Waals surface area contributed by atoms with Crippen LogP contribution in [0.4, 0.5) is 0 Å². The molecule has 1 atom stereocenters. The van der Waals surface area contributed by atoms with Crippen LogP contribution in [0.2, 0.25) is 21.5 Å². The number of benzene rings is 2. The molecule has 152 valence electrons. The maximum absolute atomic E-state index is 5.77. The average molecular weight is 477 g/mol. The van der Waals surface area contributed by atoms with Crippen molar-refractivity contribution in [3.8, 4) is 22.6 Å². The van der Waals surface area contributed by atoms with Crippen LogP contribution in [0.25, 0.3) is 11.1 Å². The van der Waals surface area contributed by atoms with Crippen molar-refractivity contribution in [3.63, 3.8) is 0 Å². The van der Waals surface area contributed by atoms with Crippen molar-refractivity contribution in [2.45, 2.75) is 54.2 Å². The van der Waals surface area contributed by atoms with Crippen LogP contribution >= 0.6 is 0 Å². The van der Waals surface area contributed by atoms with Crippen LogP contribution in [0.3, 0.4) is 0 Å². The second kappa shape index (κ2) is 8.08. The first kappa shape index (κ1) is 21.8. The monoisotopic (exact) mass is 475 g/mol. The molecule has 0 radical (unpaired) electrons. The summed E-state index contributed by atoms with van der Waals surface area (Å²) in [6, 6.07) is 11.1. The first-order valence-corrected chi connectivity index (χ1v) is 20.0. The zero-order chi connectivity index (χ0) is 20.7. The Kier molecular flexibility index (Phi) is 6.29. The van der Waals surface area contributed by atoms with Crippen LogP contribution in [0.5, 0.6) is 11.5 Å². The Balaban J connectivity index is 2.21. The third-order valence-corrected chi connectivity index (χ3v) is 26.4. The van der Waals surface area contributed by atoms with Crippen LogP contribution < -0.4 is 16.0 Å². The fourth-order valence-electron chi connectivity index (χ4n) is 4.84. The normalized spacial score (nSPS) is 15.2. The Hall–Kier alpha value is -0.900. The van der Waals surface area contributed by atoms with Crippen LogP contribution in [-0.2, 0) is 27.0 Å². The molecule has 28 heavy (non-hydrogen) atoms. The number of fused-ring (bicyclic) bond motifs is 3. The Morgan fingerprint density at radius 2 is 1.64 bits per heavy atom. The van der Waals surface area contributed by atoms with Gasteiger partial charge in [-0.15, -0.1) is 0 Å². The summed E-state index contributed by atoms with van der Waals surface area (Å²) < 4.78 is 21.0. The van der Waals surface area contributed by atoms with Gasteiger partial charge in [-0.1, -0.05) is 0 Å². The molecule has 2 aromatic rings. The van der Waals surface area contributed by atoms with Crippen molar-refractivity contribution in [2.75, 3.05) is 14.2 Å². The van der Waals surface area contributed by atoms with E-state index < -0.39 is 29.4 Å². The Labute approximate surface area is 177 Å². The van der Waals surface area contributed by atoms with E-state index in [2.05, 4.69) is 72.1 Å². The standard InChI is InChI=1S/C15H13O2.C4H10N.C3H9Si.CH3.Zr/c1-16-12-5-3-10-7-11-4-6-13(17-2)9-15(11)14(10)8-12;1-4(2,3)5;1-4(2)3;;/h3,5-6,8-9H,7H2,1-2H3;5H,1-3H3;4H,1H2,2-3H3;1H3;/q;-1;;;+1. The average Bonchev–Trinajstić information content (AvgIpc) is 2.95. The number of hydrogen-bond acceptors (Lipinski definition) is 3. The summed E-state index contributed by atoms with van der Waals surface area (Å²) in [5.74, 6) is 1.90. The summed E-state index contributed by atoms with van der Waals surface area (Å²) in [6.07, 6.45) is 1.02. The summed E-state index contributed by atoms with van der Waals surface area (Å²) in [4.78, 5) is 0. The Morgan fingerprint density at radius 3 is 2.21 bits per heavy atom. The second-order valence-electron chi connectivity index (χ2n) is 9.71. The van der Waals surface area contributed by atoms with E-state index in [1.165, 1.54) is 26.0 Å². The summed E-state index contributed by atoms with van der Waals surface area (Å²) in [7, 11) is 2.80. The Bertz CT molecular complexity index is 876. The maximum atomic E-state index is 5.77. The van der Waals surface area contributed by atoms with Crippen molar-refractivity contribution in [1.82, 2.24) is 3.26 Å². The molecule has 0 spiro atoms. The molecule has 1 unspecified atom stereocenters. The van der Waals surface area contributed by atoms with Crippen LogP contribution in [0.1, 0.15) is 31.9 Å². The molecular weight excluding hydrogens is 442 g/mol. The number of hydrogen-bond donors (Lipinski definition) is 1. The molecule has 1 aliphatic carbocycles. The van der Waals surface area contributed by atoms with Crippen molar-refractivity contribution in [2.24, 2.45) is 0 Å². The predicted molar refractivity (Wildman–Crippen MR) is 120 cm³/mol. The predicted octanol–water partition coefficient (Wildman–Crippen LogP) is 4.85. The molecule has 0 saturated heterocycles. The summed E-state index contributed by atoms with van der Waals surface area (Å²) in [5.41, 5.74) is 5.69. The molecule has 0 aromatic heterocycles. The molecule has 3 rings (SSSR count). The fourth-order valence-corrected chi connectivity index (χ4v) is 28.9.